The maximum absolute atomic E-state index is 3.62. The van der Waals surface area contributed by atoms with Crippen LogP contribution < -0.4 is 4.46 Å². The first-order chi connectivity index (χ1) is 11.4. The van der Waals surface area contributed by atoms with E-state index < -0.39 is 0 Å². The molecule has 0 radical (unpaired) electrons. The standard InChI is InChI=1S/C23H34Se/c1-16(2)20-14-21(17(3)4)23(22(15-20)18(5)6)24-13-12-19-10-8-7-9-11-19/h14-19H,7-11H2,1-6H3. The average Bonchev–Trinajstić information content (AvgIpc) is 2.55. The molecule has 0 saturated heterocycles. The van der Waals surface area contributed by atoms with Crippen molar-refractivity contribution in [2.24, 2.45) is 5.92 Å². The topological polar surface area (TPSA) is 0 Å². The molecule has 2 rings (SSSR count). The van der Waals surface area contributed by atoms with E-state index in [9.17, 15) is 0 Å². The van der Waals surface area contributed by atoms with Crippen LogP contribution in [0.5, 0.6) is 0 Å². The third kappa shape index (κ3) is 5.15. The van der Waals surface area contributed by atoms with Gasteiger partial charge in [-0.1, -0.05) is 0 Å². The van der Waals surface area contributed by atoms with Crippen molar-refractivity contribution in [2.45, 2.75) is 91.4 Å². The van der Waals surface area contributed by atoms with Crippen LogP contribution in [0.25, 0.3) is 0 Å². The van der Waals surface area contributed by atoms with E-state index in [1.54, 1.807) is 15.6 Å². The average molecular weight is 389 g/mol. The quantitative estimate of drug-likeness (QED) is 0.442. The third-order valence-corrected chi connectivity index (χ3v) is 6.98. The molecular formula is C23H34Se. The molecule has 0 atom stereocenters. The Labute approximate surface area is 156 Å². The van der Waals surface area contributed by atoms with Gasteiger partial charge in [0.25, 0.3) is 0 Å². The van der Waals surface area contributed by atoms with Crippen LogP contribution in [0.1, 0.15) is 108 Å². The Balaban J connectivity index is 2.33. The fourth-order valence-corrected chi connectivity index (χ4v) is 5.84. The van der Waals surface area contributed by atoms with Crippen molar-refractivity contribution in [2.75, 3.05) is 0 Å². The minimum absolute atomic E-state index is 0.284. The molecule has 0 aromatic heterocycles. The van der Waals surface area contributed by atoms with Gasteiger partial charge in [0, 0.05) is 0 Å². The molecule has 0 bridgehead atoms. The van der Waals surface area contributed by atoms with E-state index in [2.05, 4.69) is 64.4 Å². The molecule has 1 fully saturated rings. The van der Waals surface area contributed by atoms with Crippen molar-refractivity contribution in [1.82, 2.24) is 0 Å². The van der Waals surface area contributed by atoms with E-state index in [4.69, 9.17) is 0 Å². The molecule has 24 heavy (non-hydrogen) atoms. The maximum atomic E-state index is 3.62. The van der Waals surface area contributed by atoms with Crippen molar-refractivity contribution in [3.8, 4) is 10.7 Å². The molecular weight excluding hydrogens is 355 g/mol. The summed E-state index contributed by atoms with van der Waals surface area (Å²) >= 11 is 0.284. The predicted octanol–water partition coefficient (Wildman–Crippen LogP) is 5.93. The van der Waals surface area contributed by atoms with E-state index in [1.807, 2.05) is 0 Å². The van der Waals surface area contributed by atoms with Gasteiger partial charge in [-0.3, -0.25) is 0 Å². The second kappa shape index (κ2) is 9.12. The number of hydrogen-bond donors (Lipinski definition) is 0. The van der Waals surface area contributed by atoms with Crippen LogP contribution in [-0.4, -0.2) is 15.0 Å². The zero-order valence-electron chi connectivity index (χ0n) is 16.4. The SMILES string of the molecule is CC(C)c1cc(C(C)C)c([Se]C#CC2CCCCC2)c(C(C)C)c1. The number of benzene rings is 1. The van der Waals surface area contributed by atoms with E-state index in [1.165, 1.54) is 37.7 Å². The zero-order valence-corrected chi connectivity index (χ0v) is 18.1. The molecule has 1 aromatic rings. The Bertz CT molecular complexity index is 563. The second-order valence-corrected chi connectivity index (χ2v) is 9.89. The van der Waals surface area contributed by atoms with Crippen LogP contribution in [0.4, 0.5) is 0 Å². The van der Waals surface area contributed by atoms with E-state index in [0.717, 1.165) is 0 Å². The minimum atomic E-state index is 0.284. The van der Waals surface area contributed by atoms with Gasteiger partial charge < -0.3 is 0 Å². The van der Waals surface area contributed by atoms with Gasteiger partial charge >= 0.3 is 156 Å². The van der Waals surface area contributed by atoms with Crippen molar-refractivity contribution >= 4 is 19.4 Å². The van der Waals surface area contributed by atoms with E-state index in [0.29, 0.717) is 23.7 Å². The first kappa shape index (κ1) is 19.6. The van der Waals surface area contributed by atoms with Crippen LogP contribution in [0.3, 0.4) is 0 Å². The van der Waals surface area contributed by atoms with Gasteiger partial charge in [0.15, 0.2) is 0 Å². The molecule has 132 valence electrons. The van der Waals surface area contributed by atoms with Crippen LogP contribution in [0.15, 0.2) is 12.1 Å². The summed E-state index contributed by atoms with van der Waals surface area (Å²) in [6, 6.07) is 4.92. The Kier molecular flexibility index (Phi) is 7.46. The predicted molar refractivity (Wildman–Crippen MR) is 108 cm³/mol. The van der Waals surface area contributed by atoms with Crippen LogP contribution in [-0.2, 0) is 0 Å². The Morgan fingerprint density at radius 1 is 0.833 bits per heavy atom. The molecule has 0 heterocycles. The van der Waals surface area contributed by atoms with Crippen molar-refractivity contribution in [3.05, 3.63) is 28.8 Å². The van der Waals surface area contributed by atoms with Crippen LogP contribution >= 0.6 is 0 Å². The Morgan fingerprint density at radius 2 is 1.38 bits per heavy atom. The zero-order chi connectivity index (χ0) is 17.7. The van der Waals surface area contributed by atoms with Crippen LogP contribution in [0, 0.1) is 16.7 Å². The van der Waals surface area contributed by atoms with Crippen molar-refractivity contribution in [3.63, 3.8) is 0 Å². The Hall–Kier alpha value is -0.701. The normalized spacial score (nSPS) is 15.9. The Morgan fingerprint density at radius 3 is 1.83 bits per heavy atom. The molecule has 0 spiro atoms. The van der Waals surface area contributed by atoms with Crippen molar-refractivity contribution in [1.29, 1.82) is 0 Å². The monoisotopic (exact) mass is 390 g/mol. The molecule has 0 aliphatic heterocycles. The first-order valence-electron chi connectivity index (χ1n) is 9.75. The van der Waals surface area contributed by atoms with Crippen molar-refractivity contribution < 1.29 is 0 Å². The fraction of sp³-hybridized carbons (Fsp3) is 0.652. The summed E-state index contributed by atoms with van der Waals surface area (Å²) < 4.78 is 1.57. The number of rotatable bonds is 4. The summed E-state index contributed by atoms with van der Waals surface area (Å²) in [7, 11) is 0. The van der Waals surface area contributed by atoms with Gasteiger partial charge in [0.05, 0.1) is 0 Å². The van der Waals surface area contributed by atoms with Gasteiger partial charge in [-0.2, -0.15) is 0 Å². The molecule has 0 unspecified atom stereocenters. The summed E-state index contributed by atoms with van der Waals surface area (Å²) in [5, 5.41) is 0. The van der Waals surface area contributed by atoms with Gasteiger partial charge in [0.1, 0.15) is 0 Å². The summed E-state index contributed by atoms with van der Waals surface area (Å²) in [5.41, 5.74) is 4.58. The molecule has 0 nitrogen and oxygen atoms in total. The number of hydrogen-bond acceptors (Lipinski definition) is 0. The molecule has 1 saturated carbocycles. The molecule has 1 aliphatic carbocycles. The van der Waals surface area contributed by atoms with E-state index in [-0.39, 0.29) is 15.0 Å². The summed E-state index contributed by atoms with van der Waals surface area (Å²) in [6.07, 6.45) is 6.82. The van der Waals surface area contributed by atoms with Gasteiger partial charge in [-0.25, -0.2) is 0 Å². The molecule has 1 aliphatic rings. The molecule has 0 N–H and O–H groups in total. The third-order valence-electron chi connectivity index (χ3n) is 5.10. The summed E-state index contributed by atoms with van der Waals surface area (Å²) in [6.45, 7) is 13.9. The molecule has 1 aromatic carbocycles. The summed E-state index contributed by atoms with van der Waals surface area (Å²) in [4.78, 5) is 3.62. The van der Waals surface area contributed by atoms with Gasteiger partial charge in [-0.05, 0) is 0 Å². The van der Waals surface area contributed by atoms with Gasteiger partial charge in [-0.15, -0.1) is 0 Å². The van der Waals surface area contributed by atoms with Gasteiger partial charge in [0.2, 0.25) is 0 Å². The fourth-order valence-electron chi connectivity index (χ4n) is 3.42. The summed E-state index contributed by atoms with van der Waals surface area (Å²) in [5.74, 6) is 6.03. The molecule has 0 amide bonds. The second-order valence-electron chi connectivity index (χ2n) is 8.18. The first-order valence-corrected chi connectivity index (χ1v) is 11.5. The van der Waals surface area contributed by atoms with E-state index >= 15 is 0 Å². The molecule has 1 heteroatoms. The van der Waals surface area contributed by atoms with Crippen LogP contribution in [0.2, 0.25) is 0 Å².